The standard InChI is InChI=1S/C20H21N3O2/c1-13-14(2)23(10-9-21-13)20(24)16-12-18(19-8-5-11-25-19)22-17-7-4-3-6-15(16)17/h3-8,11-14,21H,9-10H2,1-2H3. The minimum Gasteiger partial charge on any atom is -0.463 e. The van der Waals surface area contributed by atoms with Crippen LogP contribution in [0.15, 0.2) is 53.1 Å². The van der Waals surface area contributed by atoms with Crippen molar-refractivity contribution < 1.29 is 9.21 Å². The average molecular weight is 335 g/mol. The van der Waals surface area contributed by atoms with Crippen LogP contribution in [0.1, 0.15) is 24.2 Å². The first kappa shape index (κ1) is 15.8. The average Bonchev–Trinajstić information content (AvgIpc) is 3.17. The zero-order valence-electron chi connectivity index (χ0n) is 14.4. The van der Waals surface area contributed by atoms with E-state index in [0.717, 1.165) is 17.4 Å². The summed E-state index contributed by atoms with van der Waals surface area (Å²) in [5, 5.41) is 4.29. The van der Waals surface area contributed by atoms with E-state index in [0.29, 0.717) is 23.6 Å². The first-order chi connectivity index (χ1) is 12.1. The number of para-hydroxylation sites is 1. The number of carbonyl (C=O) groups excluding carboxylic acids is 1. The van der Waals surface area contributed by atoms with Crippen LogP contribution in [-0.4, -0.2) is 41.0 Å². The molecule has 3 heterocycles. The number of nitrogens with one attached hydrogen (secondary N) is 1. The van der Waals surface area contributed by atoms with Gasteiger partial charge in [-0.1, -0.05) is 18.2 Å². The molecule has 1 fully saturated rings. The minimum absolute atomic E-state index is 0.0484. The maximum atomic E-state index is 13.3. The Morgan fingerprint density at radius 3 is 2.88 bits per heavy atom. The second-order valence-electron chi connectivity index (χ2n) is 6.53. The van der Waals surface area contributed by atoms with Crippen LogP contribution < -0.4 is 5.32 Å². The van der Waals surface area contributed by atoms with E-state index in [1.165, 1.54) is 0 Å². The number of nitrogens with zero attached hydrogens (tertiary/aromatic N) is 2. The summed E-state index contributed by atoms with van der Waals surface area (Å²) in [4.78, 5) is 19.9. The summed E-state index contributed by atoms with van der Waals surface area (Å²) in [6.45, 7) is 5.72. The molecule has 2 atom stereocenters. The fourth-order valence-electron chi connectivity index (χ4n) is 3.40. The Bertz CT molecular complexity index is 904. The molecule has 128 valence electrons. The number of pyridine rings is 1. The SMILES string of the molecule is CC1NCCN(C(=O)c2cc(-c3ccco3)nc3ccccc23)C1C. The summed E-state index contributed by atoms with van der Waals surface area (Å²) < 4.78 is 5.49. The third kappa shape index (κ3) is 2.81. The van der Waals surface area contributed by atoms with Gasteiger partial charge < -0.3 is 14.6 Å². The van der Waals surface area contributed by atoms with E-state index in [-0.39, 0.29) is 18.0 Å². The lowest BCUT2D eigenvalue weighted by atomic mass is 10.0. The molecule has 2 aromatic heterocycles. The summed E-state index contributed by atoms with van der Waals surface area (Å²) in [6.07, 6.45) is 1.62. The molecule has 2 unspecified atom stereocenters. The van der Waals surface area contributed by atoms with Gasteiger partial charge in [-0.25, -0.2) is 4.98 Å². The van der Waals surface area contributed by atoms with Crippen molar-refractivity contribution >= 4 is 16.8 Å². The van der Waals surface area contributed by atoms with Crippen LogP contribution in [0.2, 0.25) is 0 Å². The Kier molecular flexibility index (Phi) is 4.01. The van der Waals surface area contributed by atoms with Crippen LogP contribution in [0.3, 0.4) is 0 Å². The lowest BCUT2D eigenvalue weighted by Gasteiger charge is -2.38. The molecular formula is C20H21N3O2. The zero-order chi connectivity index (χ0) is 17.4. The van der Waals surface area contributed by atoms with E-state index < -0.39 is 0 Å². The first-order valence-corrected chi connectivity index (χ1v) is 8.63. The number of amides is 1. The molecule has 1 aromatic carbocycles. The largest absolute Gasteiger partial charge is 0.463 e. The van der Waals surface area contributed by atoms with Crippen molar-refractivity contribution in [2.75, 3.05) is 13.1 Å². The van der Waals surface area contributed by atoms with Crippen LogP contribution in [0.25, 0.3) is 22.4 Å². The third-order valence-electron chi connectivity index (χ3n) is 5.02. The molecular weight excluding hydrogens is 314 g/mol. The maximum Gasteiger partial charge on any atom is 0.254 e. The summed E-state index contributed by atoms with van der Waals surface area (Å²) in [6, 6.07) is 13.7. The Morgan fingerprint density at radius 1 is 1.24 bits per heavy atom. The number of fused-ring (bicyclic) bond motifs is 1. The van der Waals surface area contributed by atoms with Crippen molar-refractivity contribution in [1.82, 2.24) is 15.2 Å². The lowest BCUT2D eigenvalue weighted by molar-refractivity contribution is 0.0605. The number of rotatable bonds is 2. The van der Waals surface area contributed by atoms with Crippen molar-refractivity contribution in [3.05, 3.63) is 54.3 Å². The molecule has 1 aliphatic rings. The highest BCUT2D eigenvalue weighted by molar-refractivity contribution is 6.07. The van der Waals surface area contributed by atoms with Gasteiger partial charge >= 0.3 is 0 Å². The quantitative estimate of drug-likeness (QED) is 0.780. The zero-order valence-corrected chi connectivity index (χ0v) is 14.4. The van der Waals surface area contributed by atoms with E-state index in [4.69, 9.17) is 4.42 Å². The van der Waals surface area contributed by atoms with Gasteiger partial charge in [0.1, 0.15) is 5.69 Å². The summed E-state index contributed by atoms with van der Waals surface area (Å²) >= 11 is 0. The number of benzene rings is 1. The van der Waals surface area contributed by atoms with Gasteiger partial charge in [0, 0.05) is 30.6 Å². The maximum absolute atomic E-state index is 13.3. The number of furan rings is 1. The second-order valence-corrected chi connectivity index (χ2v) is 6.53. The Balaban J connectivity index is 1.84. The topological polar surface area (TPSA) is 58.4 Å². The van der Waals surface area contributed by atoms with Crippen molar-refractivity contribution in [2.45, 2.75) is 25.9 Å². The van der Waals surface area contributed by atoms with E-state index in [1.54, 1.807) is 6.26 Å². The van der Waals surface area contributed by atoms with Crippen molar-refractivity contribution in [3.63, 3.8) is 0 Å². The van der Waals surface area contributed by atoms with Gasteiger partial charge in [-0.05, 0) is 38.1 Å². The number of hydrogen-bond acceptors (Lipinski definition) is 4. The van der Waals surface area contributed by atoms with E-state index >= 15 is 0 Å². The highest BCUT2D eigenvalue weighted by atomic mass is 16.3. The molecule has 1 aliphatic heterocycles. The Hall–Kier alpha value is -2.66. The van der Waals surface area contributed by atoms with Crippen LogP contribution in [0.5, 0.6) is 0 Å². The molecule has 1 N–H and O–H groups in total. The summed E-state index contributed by atoms with van der Waals surface area (Å²) in [5.41, 5.74) is 2.16. The molecule has 5 heteroatoms. The normalized spacial score (nSPS) is 20.8. The summed E-state index contributed by atoms with van der Waals surface area (Å²) in [7, 11) is 0. The molecule has 0 bridgehead atoms. The molecule has 0 saturated carbocycles. The third-order valence-corrected chi connectivity index (χ3v) is 5.02. The second kappa shape index (κ2) is 6.33. The van der Waals surface area contributed by atoms with E-state index in [1.807, 2.05) is 47.4 Å². The monoisotopic (exact) mass is 335 g/mol. The van der Waals surface area contributed by atoms with Gasteiger partial charge in [0.15, 0.2) is 5.76 Å². The van der Waals surface area contributed by atoms with Gasteiger partial charge in [0.2, 0.25) is 0 Å². The molecule has 1 saturated heterocycles. The molecule has 1 amide bonds. The summed E-state index contributed by atoms with van der Waals surface area (Å²) in [5.74, 6) is 0.716. The molecule has 0 spiro atoms. The van der Waals surface area contributed by atoms with Gasteiger partial charge in [-0.15, -0.1) is 0 Å². The molecule has 5 nitrogen and oxygen atoms in total. The molecule has 4 rings (SSSR count). The molecule has 3 aromatic rings. The number of hydrogen-bond donors (Lipinski definition) is 1. The molecule has 0 aliphatic carbocycles. The number of carbonyl (C=O) groups is 1. The molecule has 25 heavy (non-hydrogen) atoms. The fourth-order valence-corrected chi connectivity index (χ4v) is 3.40. The predicted molar refractivity (Wildman–Crippen MR) is 97.4 cm³/mol. The van der Waals surface area contributed by atoms with E-state index in [9.17, 15) is 4.79 Å². The van der Waals surface area contributed by atoms with Crippen LogP contribution in [0.4, 0.5) is 0 Å². The van der Waals surface area contributed by atoms with Gasteiger partial charge in [0.05, 0.1) is 17.3 Å². The van der Waals surface area contributed by atoms with Crippen molar-refractivity contribution in [3.8, 4) is 11.5 Å². The Labute approximate surface area is 146 Å². The van der Waals surface area contributed by atoms with Gasteiger partial charge in [-0.3, -0.25) is 4.79 Å². The van der Waals surface area contributed by atoms with Crippen LogP contribution >= 0.6 is 0 Å². The molecule has 0 radical (unpaired) electrons. The van der Waals surface area contributed by atoms with Crippen LogP contribution in [0, 0.1) is 0 Å². The highest BCUT2D eigenvalue weighted by Gasteiger charge is 2.30. The highest BCUT2D eigenvalue weighted by Crippen LogP contribution is 2.27. The minimum atomic E-state index is 0.0484. The number of piperazine rings is 1. The van der Waals surface area contributed by atoms with Crippen molar-refractivity contribution in [1.29, 1.82) is 0 Å². The van der Waals surface area contributed by atoms with Gasteiger partial charge in [0.25, 0.3) is 5.91 Å². The fraction of sp³-hybridized carbons (Fsp3) is 0.300. The van der Waals surface area contributed by atoms with Crippen LogP contribution in [-0.2, 0) is 0 Å². The van der Waals surface area contributed by atoms with E-state index in [2.05, 4.69) is 24.1 Å². The number of aromatic nitrogens is 1. The van der Waals surface area contributed by atoms with Gasteiger partial charge in [-0.2, -0.15) is 0 Å². The van der Waals surface area contributed by atoms with Crippen molar-refractivity contribution in [2.24, 2.45) is 0 Å². The Morgan fingerprint density at radius 2 is 2.08 bits per heavy atom. The lowest BCUT2D eigenvalue weighted by Crippen LogP contribution is -2.57. The predicted octanol–water partition coefficient (Wildman–Crippen LogP) is 3.32. The first-order valence-electron chi connectivity index (χ1n) is 8.63. The smallest absolute Gasteiger partial charge is 0.254 e.